The molecule has 5 rings (SSSR count). The number of hydrogen-bond donors (Lipinski definition) is 3. The number of amidine groups is 1. The molecule has 1 fully saturated rings. The fourth-order valence-electron chi connectivity index (χ4n) is 4.28. The Morgan fingerprint density at radius 1 is 0.793 bits per heavy atom. The largest absolute Gasteiger partial charge is 0.371 e. The topological polar surface area (TPSA) is 48.5 Å². The number of nitrogens with zero attached hydrogens (tertiary/aromatic N) is 1. The lowest BCUT2D eigenvalue weighted by Crippen LogP contribution is -2.58. The van der Waals surface area contributed by atoms with Crippen LogP contribution < -0.4 is 16.0 Å². The van der Waals surface area contributed by atoms with Crippen molar-refractivity contribution >= 4 is 17.2 Å². The Labute approximate surface area is 172 Å². The van der Waals surface area contributed by atoms with Gasteiger partial charge in [-0.1, -0.05) is 66.7 Å². The molecule has 4 nitrogen and oxygen atoms in total. The van der Waals surface area contributed by atoms with Crippen LogP contribution in [0.2, 0.25) is 0 Å². The van der Waals surface area contributed by atoms with Crippen LogP contribution in [0.15, 0.2) is 83.9 Å². The average Bonchev–Trinajstić information content (AvgIpc) is 2.79. The van der Waals surface area contributed by atoms with Crippen LogP contribution in [0.3, 0.4) is 0 Å². The molecule has 1 saturated heterocycles. The maximum atomic E-state index is 5.02. The van der Waals surface area contributed by atoms with Gasteiger partial charge in [-0.25, -0.2) is 4.99 Å². The monoisotopic (exact) mass is 382 g/mol. The molecule has 0 saturated carbocycles. The zero-order chi connectivity index (χ0) is 19.5. The van der Waals surface area contributed by atoms with Crippen LogP contribution in [0.1, 0.15) is 18.4 Å². The summed E-state index contributed by atoms with van der Waals surface area (Å²) >= 11 is 0. The fraction of sp³-hybridized carbons (Fsp3) is 0.240. The molecule has 0 aliphatic carbocycles. The summed E-state index contributed by atoms with van der Waals surface area (Å²) in [6.07, 6.45) is 2.06. The molecule has 0 bridgehead atoms. The van der Waals surface area contributed by atoms with Gasteiger partial charge in [0.05, 0.1) is 16.9 Å². The lowest BCUT2D eigenvalue weighted by molar-refractivity contribution is 0.412. The molecule has 146 valence electrons. The van der Waals surface area contributed by atoms with Gasteiger partial charge < -0.3 is 16.0 Å². The zero-order valence-electron chi connectivity index (χ0n) is 16.5. The van der Waals surface area contributed by atoms with E-state index in [1.807, 2.05) is 6.07 Å². The van der Waals surface area contributed by atoms with Gasteiger partial charge in [-0.2, -0.15) is 0 Å². The molecule has 4 heteroatoms. The maximum Gasteiger partial charge on any atom is 0.128 e. The minimum atomic E-state index is -0.108. The van der Waals surface area contributed by atoms with Crippen molar-refractivity contribution in [3.8, 4) is 11.1 Å². The van der Waals surface area contributed by atoms with E-state index in [0.29, 0.717) is 0 Å². The Hall–Kier alpha value is -3.11. The van der Waals surface area contributed by atoms with Crippen LogP contribution in [0.5, 0.6) is 0 Å². The first kappa shape index (κ1) is 18.0. The Kier molecular flexibility index (Phi) is 4.78. The Balaban J connectivity index is 1.36. The third-order valence-corrected chi connectivity index (χ3v) is 5.94. The van der Waals surface area contributed by atoms with Gasteiger partial charge in [0.2, 0.25) is 0 Å². The van der Waals surface area contributed by atoms with E-state index < -0.39 is 0 Å². The van der Waals surface area contributed by atoms with Crippen molar-refractivity contribution in [3.63, 3.8) is 0 Å². The average molecular weight is 383 g/mol. The van der Waals surface area contributed by atoms with Crippen molar-refractivity contribution in [2.24, 2.45) is 4.99 Å². The fourth-order valence-corrected chi connectivity index (χ4v) is 4.28. The van der Waals surface area contributed by atoms with Gasteiger partial charge in [-0.3, -0.25) is 0 Å². The van der Waals surface area contributed by atoms with Gasteiger partial charge in [-0.15, -0.1) is 0 Å². The molecule has 0 amide bonds. The van der Waals surface area contributed by atoms with Crippen molar-refractivity contribution in [2.45, 2.75) is 24.9 Å². The van der Waals surface area contributed by atoms with Crippen LogP contribution in [0, 0.1) is 0 Å². The maximum absolute atomic E-state index is 5.02. The Morgan fingerprint density at radius 2 is 1.48 bits per heavy atom. The quantitative estimate of drug-likeness (QED) is 0.614. The highest BCUT2D eigenvalue weighted by molar-refractivity contribution is 6.00. The summed E-state index contributed by atoms with van der Waals surface area (Å²) in [5.41, 5.74) is 5.79. The Morgan fingerprint density at radius 3 is 2.28 bits per heavy atom. The summed E-state index contributed by atoms with van der Waals surface area (Å²) in [6, 6.07) is 27.6. The van der Waals surface area contributed by atoms with Crippen molar-refractivity contribution in [1.29, 1.82) is 0 Å². The molecule has 2 aliphatic rings. The number of nitrogens with one attached hydrogen (secondary N) is 3. The smallest absolute Gasteiger partial charge is 0.128 e. The predicted molar refractivity (Wildman–Crippen MR) is 121 cm³/mol. The number of aliphatic imine (C=N–C) groups is 1. The zero-order valence-corrected chi connectivity index (χ0v) is 16.5. The first-order chi connectivity index (χ1) is 14.3. The summed E-state index contributed by atoms with van der Waals surface area (Å²) in [5, 5.41) is 10.9. The van der Waals surface area contributed by atoms with Crippen LogP contribution >= 0.6 is 0 Å². The third kappa shape index (κ3) is 3.64. The molecule has 3 N–H and O–H groups in total. The van der Waals surface area contributed by atoms with Crippen LogP contribution in [0.4, 0.5) is 11.4 Å². The van der Waals surface area contributed by atoms with E-state index in [-0.39, 0.29) is 5.54 Å². The lowest BCUT2D eigenvalue weighted by Gasteiger charge is -2.43. The highest BCUT2D eigenvalue weighted by Gasteiger charge is 2.40. The second-order valence-corrected chi connectivity index (χ2v) is 7.85. The van der Waals surface area contributed by atoms with Gasteiger partial charge in [0, 0.05) is 6.54 Å². The number of fused-ring (bicyclic) bond motifs is 1. The van der Waals surface area contributed by atoms with E-state index in [1.165, 1.54) is 16.7 Å². The second kappa shape index (κ2) is 7.72. The molecule has 3 aromatic carbocycles. The van der Waals surface area contributed by atoms with Crippen molar-refractivity contribution in [2.75, 3.05) is 18.4 Å². The van der Waals surface area contributed by atoms with Gasteiger partial charge in [-0.05, 0) is 54.8 Å². The molecule has 29 heavy (non-hydrogen) atoms. The van der Waals surface area contributed by atoms with Crippen LogP contribution in [0.25, 0.3) is 11.1 Å². The molecular weight excluding hydrogens is 356 g/mol. The van der Waals surface area contributed by atoms with Crippen LogP contribution in [-0.4, -0.2) is 24.5 Å². The first-order valence-corrected chi connectivity index (χ1v) is 10.4. The normalized spacial score (nSPS) is 17.2. The van der Waals surface area contributed by atoms with Crippen molar-refractivity contribution in [3.05, 3.63) is 84.4 Å². The number of para-hydroxylation sites is 2. The summed E-state index contributed by atoms with van der Waals surface area (Å²) < 4.78 is 0. The minimum Gasteiger partial charge on any atom is -0.371 e. The summed E-state index contributed by atoms with van der Waals surface area (Å²) in [4.78, 5) is 5.02. The SMILES string of the molecule is c1ccc(-c2ccc(CNC3=Nc4ccccc4NC34CCNCC4)cc2)cc1. The molecule has 2 heterocycles. The number of benzene rings is 3. The van der Waals surface area contributed by atoms with E-state index in [0.717, 1.165) is 49.7 Å². The first-order valence-electron chi connectivity index (χ1n) is 10.4. The molecule has 0 atom stereocenters. The summed E-state index contributed by atoms with van der Waals surface area (Å²) in [6.45, 7) is 2.77. The van der Waals surface area contributed by atoms with E-state index in [1.54, 1.807) is 0 Å². The van der Waals surface area contributed by atoms with E-state index >= 15 is 0 Å². The highest BCUT2D eigenvalue weighted by atomic mass is 15.2. The van der Waals surface area contributed by atoms with E-state index in [2.05, 4.69) is 88.7 Å². The number of piperidine rings is 1. The summed E-state index contributed by atoms with van der Waals surface area (Å²) in [5.74, 6) is 1.06. The third-order valence-electron chi connectivity index (χ3n) is 5.94. The number of rotatable bonds is 3. The van der Waals surface area contributed by atoms with Crippen molar-refractivity contribution in [1.82, 2.24) is 10.6 Å². The molecular formula is C25H26N4. The van der Waals surface area contributed by atoms with Gasteiger partial charge in [0.1, 0.15) is 5.84 Å². The van der Waals surface area contributed by atoms with Crippen molar-refractivity contribution < 1.29 is 0 Å². The molecule has 1 spiro atoms. The van der Waals surface area contributed by atoms with E-state index in [4.69, 9.17) is 4.99 Å². The summed E-state index contributed by atoms with van der Waals surface area (Å²) in [7, 11) is 0. The second-order valence-electron chi connectivity index (χ2n) is 7.85. The Bertz CT molecular complexity index is 1000. The lowest BCUT2D eigenvalue weighted by atomic mass is 9.85. The molecule has 0 radical (unpaired) electrons. The standard InChI is InChI=1S/C25H26N4/c1-2-6-20(7-3-1)21-12-10-19(11-13-21)18-27-24-25(14-16-26-17-15-25)29-23-9-5-4-8-22(23)28-24/h1-13,26,29H,14-18H2,(H,27,28). The number of hydrogen-bond acceptors (Lipinski definition) is 4. The molecule has 0 aromatic heterocycles. The molecule has 3 aromatic rings. The van der Waals surface area contributed by atoms with Gasteiger partial charge >= 0.3 is 0 Å². The highest BCUT2D eigenvalue weighted by Crippen LogP contribution is 2.36. The van der Waals surface area contributed by atoms with E-state index in [9.17, 15) is 0 Å². The van der Waals surface area contributed by atoms with Gasteiger partial charge in [0.15, 0.2) is 0 Å². The van der Waals surface area contributed by atoms with Gasteiger partial charge in [0.25, 0.3) is 0 Å². The van der Waals surface area contributed by atoms with Crippen LogP contribution in [-0.2, 0) is 6.54 Å². The number of anilines is 1. The molecule has 2 aliphatic heterocycles. The molecule has 0 unspecified atom stereocenters. The minimum absolute atomic E-state index is 0.108. The predicted octanol–water partition coefficient (Wildman–Crippen LogP) is 4.72.